The Balaban J connectivity index is 4.61. The molecule has 6 nitrogen and oxygen atoms in total. The summed E-state index contributed by atoms with van der Waals surface area (Å²) in [7, 11) is -0.245. The van der Waals surface area contributed by atoms with Crippen LogP contribution in [0.1, 0.15) is 40.5 Å². The van der Waals surface area contributed by atoms with Crippen LogP contribution in [-0.2, 0) is 4.43 Å². The van der Waals surface area contributed by atoms with Crippen molar-refractivity contribution in [2.45, 2.75) is 64.1 Å². The van der Waals surface area contributed by atoms with Gasteiger partial charge < -0.3 is 31.0 Å². The van der Waals surface area contributed by atoms with Crippen molar-refractivity contribution in [3.05, 3.63) is 0 Å². The van der Waals surface area contributed by atoms with Gasteiger partial charge in [0.15, 0.2) is 0 Å². The fraction of sp³-hybridized carbons (Fsp3) is 1.00. The van der Waals surface area contributed by atoms with Crippen LogP contribution in [0.15, 0.2) is 0 Å². The van der Waals surface area contributed by atoms with Crippen LogP contribution in [0.3, 0.4) is 0 Å². The van der Waals surface area contributed by atoms with E-state index in [1.165, 1.54) is 0 Å². The highest BCUT2D eigenvalue weighted by molar-refractivity contribution is 6.75. The van der Waals surface area contributed by atoms with E-state index >= 15 is 0 Å². The van der Waals surface area contributed by atoms with Gasteiger partial charge in [0.2, 0.25) is 8.32 Å². The van der Waals surface area contributed by atoms with Crippen LogP contribution in [0.4, 0.5) is 0 Å². The molecule has 0 amide bonds. The van der Waals surface area contributed by atoms with E-state index in [0.717, 1.165) is 19.1 Å². The number of rotatable bonds is 10. The highest BCUT2D eigenvalue weighted by atomic mass is 28.4. The smallest absolute Gasteiger partial charge is 0.224 e. The van der Waals surface area contributed by atoms with Crippen molar-refractivity contribution in [3.8, 4) is 0 Å². The summed E-state index contributed by atoms with van der Waals surface area (Å²) in [5.41, 5.74) is 11.7. The number of aliphatic hydroxyl groups excluding tert-OH is 2. The second-order valence-electron chi connectivity index (χ2n) is 7.37. The summed E-state index contributed by atoms with van der Waals surface area (Å²) in [5, 5.41) is 17.8. The Morgan fingerprint density at radius 2 is 1.76 bits per heavy atom. The lowest BCUT2D eigenvalue weighted by atomic mass is 10.2. The molecule has 0 aromatic rings. The summed E-state index contributed by atoms with van der Waals surface area (Å²) in [4.78, 5) is 2.18. The van der Waals surface area contributed by atoms with Crippen molar-refractivity contribution < 1.29 is 14.6 Å². The Bertz CT molecular complexity index is 305. The summed E-state index contributed by atoms with van der Waals surface area (Å²) in [6, 6.07) is 0. The lowest BCUT2D eigenvalue weighted by molar-refractivity contribution is 0.0819. The third-order valence-corrected chi connectivity index (χ3v) is 8.56. The summed E-state index contributed by atoms with van der Waals surface area (Å²) in [5.74, 6) is 0. The zero-order chi connectivity index (χ0) is 16.9. The zero-order valence-corrected chi connectivity index (χ0v) is 15.5. The minimum Gasteiger partial charge on any atom is -0.397 e. The zero-order valence-electron chi connectivity index (χ0n) is 14.5. The number of nitrogens with two attached hydrogens (primary N) is 2. The first-order valence-corrected chi connectivity index (χ1v) is 10.2. The second-order valence-corrected chi connectivity index (χ2v) is 11.6. The molecule has 0 bridgehead atoms. The Hall–Kier alpha value is -0.0231. The molecule has 2 unspecified atom stereocenters. The minimum absolute atomic E-state index is 0.184. The van der Waals surface area contributed by atoms with E-state index in [-0.39, 0.29) is 6.61 Å². The average Bonchev–Trinajstić information content (AvgIpc) is 2.24. The number of nitrogens with zero attached hydrogens (tertiary/aromatic N) is 1. The van der Waals surface area contributed by atoms with Gasteiger partial charge in [0, 0.05) is 11.3 Å². The van der Waals surface area contributed by atoms with Gasteiger partial charge in [0.25, 0.3) is 0 Å². The van der Waals surface area contributed by atoms with Gasteiger partial charge >= 0.3 is 0 Å². The van der Waals surface area contributed by atoms with Crippen molar-refractivity contribution in [1.29, 1.82) is 0 Å². The molecule has 0 aromatic heterocycles. The highest BCUT2D eigenvalue weighted by Crippen LogP contribution is 2.24. The summed E-state index contributed by atoms with van der Waals surface area (Å²) in [6.45, 7) is 10.4. The molecule has 0 fully saturated rings. The van der Waals surface area contributed by atoms with E-state index in [9.17, 15) is 5.11 Å². The Labute approximate surface area is 130 Å². The number of aliphatic hydroxyl groups is 2. The maximum Gasteiger partial charge on any atom is 0.224 e. The van der Waals surface area contributed by atoms with Gasteiger partial charge in [-0.05, 0) is 60.7 Å². The molecule has 7 heteroatoms. The van der Waals surface area contributed by atoms with Gasteiger partial charge in [0.05, 0.1) is 18.4 Å². The first-order valence-electron chi connectivity index (χ1n) is 7.56. The van der Waals surface area contributed by atoms with Crippen molar-refractivity contribution >= 4 is 8.32 Å². The van der Waals surface area contributed by atoms with Gasteiger partial charge in [-0.2, -0.15) is 0 Å². The standard InChI is InChI=1S/C14H35N3O3Si/c1-13(2,15)20-21(6,14(3,4)16)11-17(5)9-7-8-12(19)10-18/h12,18-19H,7-11,15-16H2,1-6H3. The van der Waals surface area contributed by atoms with Gasteiger partial charge in [0.1, 0.15) is 0 Å². The Morgan fingerprint density at radius 1 is 1.24 bits per heavy atom. The van der Waals surface area contributed by atoms with Crippen molar-refractivity contribution in [3.63, 3.8) is 0 Å². The van der Waals surface area contributed by atoms with Crippen molar-refractivity contribution in [1.82, 2.24) is 4.90 Å². The monoisotopic (exact) mass is 321 g/mol. The van der Waals surface area contributed by atoms with E-state index in [0.29, 0.717) is 6.42 Å². The topological polar surface area (TPSA) is 105 Å². The van der Waals surface area contributed by atoms with Gasteiger partial charge in [-0.25, -0.2) is 0 Å². The van der Waals surface area contributed by atoms with Crippen LogP contribution in [0.25, 0.3) is 0 Å². The van der Waals surface area contributed by atoms with Gasteiger partial charge in [-0.3, -0.25) is 0 Å². The average molecular weight is 322 g/mol. The summed E-state index contributed by atoms with van der Waals surface area (Å²) < 4.78 is 6.17. The van der Waals surface area contributed by atoms with Crippen molar-refractivity contribution in [2.24, 2.45) is 11.5 Å². The third-order valence-electron chi connectivity index (χ3n) is 3.71. The maximum absolute atomic E-state index is 9.36. The molecule has 6 N–H and O–H groups in total. The molecule has 0 spiro atoms. The first kappa shape index (κ1) is 21.0. The van der Waals surface area contributed by atoms with E-state index in [1.54, 1.807) is 0 Å². The predicted octanol–water partition coefficient (Wildman–Crippen LogP) is 0.154. The van der Waals surface area contributed by atoms with E-state index < -0.39 is 25.3 Å². The van der Waals surface area contributed by atoms with E-state index in [2.05, 4.69) is 11.4 Å². The molecule has 0 saturated carbocycles. The molecule has 0 saturated heterocycles. The Morgan fingerprint density at radius 3 is 2.14 bits per heavy atom. The minimum atomic E-state index is -2.27. The third kappa shape index (κ3) is 8.25. The SMILES string of the molecule is CN(CCCC(O)CO)C[Si](C)(OC(C)(C)N)C(C)(C)N. The molecule has 2 atom stereocenters. The predicted molar refractivity (Wildman–Crippen MR) is 89.1 cm³/mol. The van der Waals surface area contributed by atoms with Crippen LogP contribution >= 0.6 is 0 Å². The maximum atomic E-state index is 9.36. The Kier molecular flexibility index (Phi) is 8.00. The van der Waals surface area contributed by atoms with E-state index in [4.69, 9.17) is 21.0 Å². The van der Waals surface area contributed by atoms with E-state index in [1.807, 2.05) is 34.7 Å². The molecule has 0 radical (unpaired) electrons. The van der Waals surface area contributed by atoms with Gasteiger partial charge in [-0.1, -0.05) is 0 Å². The molecule has 0 aliphatic heterocycles. The fourth-order valence-corrected chi connectivity index (χ4v) is 5.31. The molecule has 0 aliphatic rings. The van der Waals surface area contributed by atoms with Gasteiger partial charge in [-0.15, -0.1) is 0 Å². The number of hydrogen-bond acceptors (Lipinski definition) is 6. The second kappa shape index (κ2) is 8.01. The first-order chi connectivity index (χ1) is 9.31. The normalized spacial score (nSPS) is 17.9. The highest BCUT2D eigenvalue weighted by Gasteiger charge is 2.46. The summed E-state index contributed by atoms with van der Waals surface area (Å²) >= 11 is 0. The van der Waals surface area contributed by atoms with Crippen LogP contribution in [0.5, 0.6) is 0 Å². The lowest BCUT2D eigenvalue weighted by Gasteiger charge is -2.45. The largest absolute Gasteiger partial charge is 0.397 e. The fourth-order valence-electron chi connectivity index (χ4n) is 2.23. The van der Waals surface area contributed by atoms with Crippen LogP contribution in [0, 0.1) is 0 Å². The molecule has 128 valence electrons. The molecular formula is C14H35N3O3Si. The lowest BCUT2D eigenvalue weighted by Crippen LogP contribution is -2.69. The van der Waals surface area contributed by atoms with Crippen LogP contribution in [-0.4, -0.2) is 66.8 Å². The number of hydrogen-bond donors (Lipinski definition) is 4. The van der Waals surface area contributed by atoms with Crippen LogP contribution < -0.4 is 11.5 Å². The molecule has 0 aliphatic carbocycles. The molecule has 21 heavy (non-hydrogen) atoms. The molecule has 0 aromatic carbocycles. The quantitative estimate of drug-likeness (QED) is 0.337. The molecule has 0 heterocycles. The van der Waals surface area contributed by atoms with Crippen LogP contribution in [0.2, 0.25) is 6.55 Å². The molecule has 0 rings (SSSR count). The summed E-state index contributed by atoms with van der Waals surface area (Å²) in [6.07, 6.45) is 1.55. The molecular weight excluding hydrogens is 286 g/mol. The van der Waals surface area contributed by atoms with Crippen molar-refractivity contribution in [2.75, 3.05) is 26.4 Å².